The average molecular weight is 369 g/mol. The van der Waals surface area contributed by atoms with Crippen LogP contribution in [0, 0.1) is 6.92 Å². The van der Waals surface area contributed by atoms with Crippen LogP contribution >= 0.6 is 11.3 Å². The van der Waals surface area contributed by atoms with Gasteiger partial charge in [0, 0.05) is 16.6 Å². The number of aryl methyl sites for hydroxylation is 1. The molecule has 0 saturated carbocycles. The fraction of sp³-hybridized carbons (Fsp3) is 0.158. The second-order valence-electron chi connectivity index (χ2n) is 5.45. The van der Waals surface area contributed by atoms with E-state index < -0.39 is 0 Å². The molecule has 134 valence electrons. The molecule has 26 heavy (non-hydrogen) atoms. The molecule has 7 heteroatoms. The summed E-state index contributed by atoms with van der Waals surface area (Å²) in [6.45, 7) is 1.96. The van der Waals surface area contributed by atoms with Crippen molar-refractivity contribution in [2.45, 2.75) is 6.92 Å². The number of hydrogen-bond acceptors (Lipinski definition) is 5. The predicted octanol–water partition coefficient (Wildman–Crippen LogP) is 4.78. The van der Waals surface area contributed by atoms with Gasteiger partial charge in [0.2, 0.25) is 0 Å². The standard InChI is InChI=1S/C19H19N3O3S/c1-12-20-16(11-26-12)13-6-4-7-14(10-13)21-19(23)22-15-8-5-9-17(24-2)18(15)25-3/h4-11H,1-3H3,(H2,21,22,23). The van der Waals surface area contributed by atoms with Crippen LogP contribution in [0.1, 0.15) is 5.01 Å². The Morgan fingerprint density at radius 3 is 2.58 bits per heavy atom. The smallest absolute Gasteiger partial charge is 0.323 e. The van der Waals surface area contributed by atoms with Crippen molar-refractivity contribution in [3.05, 3.63) is 52.9 Å². The van der Waals surface area contributed by atoms with E-state index in [0.29, 0.717) is 22.9 Å². The summed E-state index contributed by atoms with van der Waals surface area (Å²) < 4.78 is 10.6. The zero-order chi connectivity index (χ0) is 18.5. The third-order valence-electron chi connectivity index (χ3n) is 3.69. The van der Waals surface area contributed by atoms with E-state index in [0.717, 1.165) is 16.3 Å². The van der Waals surface area contributed by atoms with Gasteiger partial charge in [-0.05, 0) is 31.2 Å². The van der Waals surface area contributed by atoms with Crippen molar-refractivity contribution < 1.29 is 14.3 Å². The van der Waals surface area contributed by atoms with Crippen molar-refractivity contribution in [1.29, 1.82) is 0 Å². The van der Waals surface area contributed by atoms with E-state index in [1.165, 1.54) is 7.11 Å². The molecular formula is C19H19N3O3S. The number of anilines is 2. The monoisotopic (exact) mass is 369 g/mol. The number of aromatic nitrogens is 1. The summed E-state index contributed by atoms with van der Waals surface area (Å²) in [5, 5.41) is 8.60. The number of ether oxygens (including phenoxy) is 2. The third kappa shape index (κ3) is 3.94. The molecule has 0 spiro atoms. The van der Waals surface area contributed by atoms with Gasteiger partial charge in [-0.15, -0.1) is 11.3 Å². The topological polar surface area (TPSA) is 72.5 Å². The lowest BCUT2D eigenvalue weighted by Gasteiger charge is -2.14. The minimum absolute atomic E-state index is 0.372. The van der Waals surface area contributed by atoms with Crippen LogP contribution in [-0.2, 0) is 0 Å². The molecule has 0 atom stereocenters. The van der Waals surface area contributed by atoms with Crippen LogP contribution in [-0.4, -0.2) is 25.2 Å². The average Bonchev–Trinajstić information content (AvgIpc) is 3.08. The number of carbonyl (C=O) groups is 1. The summed E-state index contributed by atoms with van der Waals surface area (Å²) in [6.07, 6.45) is 0. The lowest BCUT2D eigenvalue weighted by Crippen LogP contribution is -2.19. The Labute approximate surface area is 155 Å². The number of carbonyl (C=O) groups excluding carboxylic acids is 1. The van der Waals surface area contributed by atoms with Gasteiger partial charge in [0.05, 0.1) is 30.6 Å². The van der Waals surface area contributed by atoms with Crippen LogP contribution in [0.4, 0.5) is 16.2 Å². The fourth-order valence-electron chi connectivity index (χ4n) is 2.52. The molecule has 0 saturated heterocycles. The molecule has 1 heterocycles. The Morgan fingerprint density at radius 2 is 1.88 bits per heavy atom. The molecular weight excluding hydrogens is 350 g/mol. The first-order valence-corrected chi connectivity index (χ1v) is 8.80. The quantitative estimate of drug-likeness (QED) is 0.679. The highest BCUT2D eigenvalue weighted by Gasteiger charge is 2.12. The van der Waals surface area contributed by atoms with Crippen molar-refractivity contribution in [3.8, 4) is 22.8 Å². The van der Waals surface area contributed by atoms with Crippen molar-refractivity contribution in [2.24, 2.45) is 0 Å². The number of thiazole rings is 1. The van der Waals surface area contributed by atoms with Crippen LogP contribution in [0.3, 0.4) is 0 Å². The third-order valence-corrected chi connectivity index (χ3v) is 4.46. The first-order valence-electron chi connectivity index (χ1n) is 7.92. The highest BCUT2D eigenvalue weighted by atomic mass is 32.1. The Bertz CT molecular complexity index is 924. The number of hydrogen-bond donors (Lipinski definition) is 2. The number of nitrogens with zero attached hydrogens (tertiary/aromatic N) is 1. The number of para-hydroxylation sites is 1. The molecule has 2 amide bonds. The lowest BCUT2D eigenvalue weighted by molar-refractivity contribution is 0.262. The van der Waals surface area contributed by atoms with Gasteiger partial charge in [-0.1, -0.05) is 18.2 Å². The number of amides is 2. The summed E-state index contributed by atoms with van der Waals surface area (Å²) in [5.41, 5.74) is 3.04. The molecule has 6 nitrogen and oxygen atoms in total. The normalized spacial score (nSPS) is 10.3. The molecule has 0 aliphatic heterocycles. The highest BCUT2D eigenvalue weighted by molar-refractivity contribution is 7.09. The van der Waals surface area contributed by atoms with Crippen LogP contribution < -0.4 is 20.1 Å². The van der Waals surface area contributed by atoms with Gasteiger partial charge >= 0.3 is 6.03 Å². The Hall–Kier alpha value is -3.06. The number of rotatable bonds is 5. The van der Waals surface area contributed by atoms with Gasteiger partial charge in [-0.2, -0.15) is 0 Å². The Balaban J connectivity index is 1.75. The van der Waals surface area contributed by atoms with E-state index in [2.05, 4.69) is 15.6 Å². The van der Waals surface area contributed by atoms with E-state index in [1.807, 2.05) is 36.6 Å². The van der Waals surface area contributed by atoms with Crippen molar-refractivity contribution >= 4 is 28.7 Å². The zero-order valence-electron chi connectivity index (χ0n) is 14.7. The maximum atomic E-state index is 12.4. The molecule has 0 fully saturated rings. The molecule has 0 bridgehead atoms. The van der Waals surface area contributed by atoms with E-state index in [-0.39, 0.29) is 6.03 Å². The lowest BCUT2D eigenvalue weighted by atomic mass is 10.1. The van der Waals surface area contributed by atoms with Gasteiger partial charge in [-0.25, -0.2) is 9.78 Å². The molecule has 2 N–H and O–H groups in total. The summed E-state index contributed by atoms with van der Waals surface area (Å²) >= 11 is 1.59. The summed E-state index contributed by atoms with van der Waals surface area (Å²) in [4.78, 5) is 16.8. The number of urea groups is 1. The zero-order valence-corrected chi connectivity index (χ0v) is 15.5. The first-order chi connectivity index (χ1) is 12.6. The van der Waals surface area contributed by atoms with E-state index >= 15 is 0 Å². The molecule has 2 aromatic carbocycles. The fourth-order valence-corrected chi connectivity index (χ4v) is 3.14. The summed E-state index contributed by atoms with van der Waals surface area (Å²) in [6, 6.07) is 12.5. The molecule has 0 aliphatic carbocycles. The first kappa shape index (κ1) is 17.8. The number of methoxy groups -OCH3 is 2. The summed E-state index contributed by atoms with van der Waals surface area (Å²) in [5.74, 6) is 1.02. The summed E-state index contributed by atoms with van der Waals surface area (Å²) in [7, 11) is 3.08. The molecule has 0 aliphatic rings. The SMILES string of the molecule is COc1cccc(NC(=O)Nc2cccc(-c3csc(C)n3)c2)c1OC. The van der Waals surface area contributed by atoms with Crippen LogP contribution in [0.2, 0.25) is 0 Å². The predicted molar refractivity (Wildman–Crippen MR) is 104 cm³/mol. The minimum atomic E-state index is -0.372. The van der Waals surface area contributed by atoms with Crippen LogP contribution in [0.25, 0.3) is 11.3 Å². The Kier molecular flexibility index (Phi) is 5.38. The highest BCUT2D eigenvalue weighted by Crippen LogP contribution is 2.34. The van der Waals surface area contributed by atoms with Gasteiger partial charge in [0.15, 0.2) is 11.5 Å². The van der Waals surface area contributed by atoms with Crippen LogP contribution in [0.5, 0.6) is 11.5 Å². The van der Waals surface area contributed by atoms with Crippen molar-refractivity contribution in [2.75, 3.05) is 24.9 Å². The van der Waals surface area contributed by atoms with Gasteiger partial charge in [0.25, 0.3) is 0 Å². The van der Waals surface area contributed by atoms with Gasteiger partial charge in [0.1, 0.15) is 0 Å². The van der Waals surface area contributed by atoms with E-state index in [9.17, 15) is 4.79 Å². The number of benzene rings is 2. The molecule has 3 rings (SSSR count). The van der Waals surface area contributed by atoms with E-state index in [4.69, 9.17) is 9.47 Å². The second kappa shape index (κ2) is 7.88. The van der Waals surface area contributed by atoms with E-state index in [1.54, 1.807) is 36.6 Å². The molecule has 3 aromatic rings. The van der Waals surface area contributed by atoms with Crippen LogP contribution in [0.15, 0.2) is 47.8 Å². The van der Waals surface area contributed by atoms with Crippen molar-refractivity contribution in [3.63, 3.8) is 0 Å². The second-order valence-corrected chi connectivity index (χ2v) is 6.52. The van der Waals surface area contributed by atoms with Gasteiger partial charge in [-0.3, -0.25) is 0 Å². The maximum absolute atomic E-state index is 12.4. The number of nitrogens with one attached hydrogen (secondary N) is 2. The minimum Gasteiger partial charge on any atom is -0.493 e. The maximum Gasteiger partial charge on any atom is 0.323 e. The largest absolute Gasteiger partial charge is 0.493 e. The van der Waals surface area contributed by atoms with Crippen molar-refractivity contribution in [1.82, 2.24) is 4.98 Å². The molecule has 0 unspecified atom stereocenters. The Morgan fingerprint density at radius 1 is 1.08 bits per heavy atom. The molecule has 1 aromatic heterocycles. The van der Waals surface area contributed by atoms with Gasteiger partial charge < -0.3 is 20.1 Å². The molecule has 0 radical (unpaired) electrons.